The van der Waals surface area contributed by atoms with Crippen LogP contribution in [0.25, 0.3) is 0 Å². The minimum Gasteiger partial charge on any atom is -0.476 e. The SMILES string of the molecule is CC(C)C(CN(C)C)Nc1ccc(N)c(OCC2CC2)n1. The van der Waals surface area contributed by atoms with Crippen molar-refractivity contribution in [3.8, 4) is 5.88 Å². The molecule has 0 spiro atoms. The molecule has 1 aliphatic rings. The summed E-state index contributed by atoms with van der Waals surface area (Å²) in [7, 11) is 4.16. The highest BCUT2D eigenvalue weighted by Gasteiger charge is 2.23. The molecular weight excluding hydrogens is 264 g/mol. The molecule has 0 aromatic carbocycles. The molecule has 1 aromatic heterocycles. The number of ether oxygens (including phenoxy) is 1. The third kappa shape index (κ3) is 5.08. The van der Waals surface area contributed by atoms with Gasteiger partial charge in [0, 0.05) is 12.6 Å². The highest BCUT2D eigenvalue weighted by molar-refractivity contribution is 5.54. The fraction of sp³-hybridized carbons (Fsp3) is 0.688. The van der Waals surface area contributed by atoms with Gasteiger partial charge in [-0.25, -0.2) is 0 Å². The molecule has 2 rings (SSSR count). The smallest absolute Gasteiger partial charge is 0.239 e. The molecule has 1 atom stereocenters. The minimum atomic E-state index is 0.340. The molecule has 5 heteroatoms. The third-order valence-corrected chi connectivity index (χ3v) is 3.74. The zero-order chi connectivity index (χ0) is 15.4. The van der Waals surface area contributed by atoms with Gasteiger partial charge in [0.1, 0.15) is 5.82 Å². The van der Waals surface area contributed by atoms with Crippen molar-refractivity contribution in [2.75, 3.05) is 38.3 Å². The van der Waals surface area contributed by atoms with Crippen molar-refractivity contribution in [2.24, 2.45) is 11.8 Å². The lowest BCUT2D eigenvalue weighted by Gasteiger charge is -2.26. The Bertz CT molecular complexity index is 458. The maximum atomic E-state index is 5.94. The van der Waals surface area contributed by atoms with Crippen molar-refractivity contribution >= 4 is 11.5 Å². The van der Waals surface area contributed by atoms with Crippen LogP contribution in [0.2, 0.25) is 0 Å². The standard InChI is InChI=1S/C16H28N4O/c1-11(2)14(9-20(3)4)18-15-8-7-13(17)16(19-15)21-10-12-5-6-12/h7-8,11-12,14H,5-6,9-10,17H2,1-4H3,(H,18,19). The first-order chi connectivity index (χ1) is 9.95. The van der Waals surface area contributed by atoms with Crippen molar-refractivity contribution in [3.63, 3.8) is 0 Å². The number of nitrogen functional groups attached to an aromatic ring is 1. The van der Waals surface area contributed by atoms with E-state index >= 15 is 0 Å². The van der Waals surface area contributed by atoms with Gasteiger partial charge in [0.15, 0.2) is 0 Å². The maximum absolute atomic E-state index is 5.94. The van der Waals surface area contributed by atoms with E-state index < -0.39 is 0 Å². The normalized spacial score (nSPS) is 16.3. The van der Waals surface area contributed by atoms with E-state index in [1.54, 1.807) is 0 Å². The summed E-state index contributed by atoms with van der Waals surface area (Å²) in [4.78, 5) is 6.70. The van der Waals surface area contributed by atoms with Gasteiger partial charge >= 0.3 is 0 Å². The summed E-state index contributed by atoms with van der Waals surface area (Å²) in [6, 6.07) is 4.13. The fourth-order valence-corrected chi connectivity index (χ4v) is 2.13. The lowest BCUT2D eigenvalue weighted by atomic mass is 10.0. The third-order valence-electron chi connectivity index (χ3n) is 3.74. The molecule has 1 aliphatic carbocycles. The lowest BCUT2D eigenvalue weighted by Crippen LogP contribution is -2.36. The number of rotatable bonds is 8. The number of anilines is 2. The molecule has 1 unspecified atom stereocenters. The van der Waals surface area contributed by atoms with E-state index in [9.17, 15) is 0 Å². The largest absolute Gasteiger partial charge is 0.476 e. The minimum absolute atomic E-state index is 0.340. The summed E-state index contributed by atoms with van der Waals surface area (Å²) >= 11 is 0. The summed E-state index contributed by atoms with van der Waals surface area (Å²) in [5.41, 5.74) is 6.55. The first kappa shape index (κ1) is 15.9. The molecule has 1 aromatic rings. The number of nitrogens with zero attached hydrogens (tertiary/aromatic N) is 2. The number of nitrogens with one attached hydrogen (secondary N) is 1. The number of hydrogen-bond acceptors (Lipinski definition) is 5. The Hall–Kier alpha value is -1.49. The van der Waals surface area contributed by atoms with Crippen LogP contribution in [0.5, 0.6) is 5.88 Å². The molecule has 0 bridgehead atoms. The van der Waals surface area contributed by atoms with Crippen molar-refractivity contribution in [1.82, 2.24) is 9.88 Å². The Kier molecular flexibility index (Phi) is 5.28. The topological polar surface area (TPSA) is 63.4 Å². The zero-order valence-electron chi connectivity index (χ0n) is 13.6. The summed E-state index contributed by atoms with van der Waals surface area (Å²) < 4.78 is 5.74. The lowest BCUT2D eigenvalue weighted by molar-refractivity contribution is 0.290. The van der Waals surface area contributed by atoms with Gasteiger partial charge in [0.05, 0.1) is 12.3 Å². The van der Waals surface area contributed by atoms with Crippen LogP contribution >= 0.6 is 0 Å². The van der Waals surface area contributed by atoms with Gasteiger partial charge in [-0.3, -0.25) is 0 Å². The van der Waals surface area contributed by atoms with Gasteiger partial charge in [-0.2, -0.15) is 4.98 Å². The van der Waals surface area contributed by atoms with E-state index in [0.29, 0.717) is 29.4 Å². The molecule has 5 nitrogen and oxygen atoms in total. The van der Waals surface area contributed by atoms with Crippen LogP contribution in [0.15, 0.2) is 12.1 Å². The second-order valence-electron chi connectivity index (χ2n) is 6.60. The second kappa shape index (κ2) is 6.98. The van der Waals surface area contributed by atoms with Gasteiger partial charge in [-0.05, 0) is 50.9 Å². The van der Waals surface area contributed by atoms with E-state index in [0.717, 1.165) is 19.0 Å². The Labute approximate surface area is 127 Å². The van der Waals surface area contributed by atoms with E-state index in [2.05, 4.69) is 43.1 Å². The number of hydrogen-bond donors (Lipinski definition) is 2. The fourth-order valence-electron chi connectivity index (χ4n) is 2.13. The van der Waals surface area contributed by atoms with E-state index in [4.69, 9.17) is 10.5 Å². The predicted octanol–water partition coefficient (Wildman–Crippen LogP) is 2.45. The molecule has 1 fully saturated rings. The molecule has 1 saturated carbocycles. The molecular formula is C16H28N4O. The summed E-state index contributed by atoms with van der Waals surface area (Å²) in [6.07, 6.45) is 2.52. The first-order valence-corrected chi connectivity index (χ1v) is 7.76. The summed E-state index contributed by atoms with van der Waals surface area (Å²) in [6.45, 7) is 6.11. The number of likely N-dealkylation sites (N-methyl/N-ethyl adjacent to an activating group) is 1. The van der Waals surface area contributed by atoms with Crippen LogP contribution in [0.4, 0.5) is 11.5 Å². The Balaban J connectivity index is 2.01. The zero-order valence-corrected chi connectivity index (χ0v) is 13.6. The highest BCUT2D eigenvalue weighted by Crippen LogP contribution is 2.30. The van der Waals surface area contributed by atoms with Crippen LogP contribution in [-0.4, -0.2) is 43.2 Å². The molecule has 3 N–H and O–H groups in total. The Morgan fingerprint density at radius 3 is 2.67 bits per heavy atom. The average Bonchev–Trinajstić information content (AvgIpc) is 3.22. The summed E-state index contributed by atoms with van der Waals surface area (Å²) in [5.74, 6) is 2.59. The second-order valence-corrected chi connectivity index (χ2v) is 6.60. The Morgan fingerprint density at radius 1 is 1.38 bits per heavy atom. The monoisotopic (exact) mass is 292 g/mol. The van der Waals surface area contributed by atoms with E-state index in [1.807, 2.05) is 12.1 Å². The van der Waals surface area contributed by atoms with Gasteiger partial charge in [-0.15, -0.1) is 0 Å². The Morgan fingerprint density at radius 2 is 2.10 bits per heavy atom. The van der Waals surface area contributed by atoms with Crippen LogP contribution in [0.1, 0.15) is 26.7 Å². The van der Waals surface area contributed by atoms with Gasteiger partial charge in [0.25, 0.3) is 0 Å². The summed E-state index contributed by atoms with van der Waals surface area (Å²) in [5, 5.41) is 3.49. The van der Waals surface area contributed by atoms with Crippen LogP contribution in [0.3, 0.4) is 0 Å². The van der Waals surface area contributed by atoms with Gasteiger partial charge < -0.3 is 20.7 Å². The predicted molar refractivity (Wildman–Crippen MR) is 87.7 cm³/mol. The molecule has 1 heterocycles. The van der Waals surface area contributed by atoms with Gasteiger partial charge in [-0.1, -0.05) is 13.8 Å². The molecule has 0 amide bonds. The first-order valence-electron chi connectivity index (χ1n) is 7.76. The molecule has 21 heavy (non-hydrogen) atoms. The number of pyridine rings is 1. The van der Waals surface area contributed by atoms with E-state index in [-0.39, 0.29) is 0 Å². The molecule has 0 saturated heterocycles. The molecule has 0 radical (unpaired) electrons. The quantitative estimate of drug-likeness (QED) is 0.770. The van der Waals surface area contributed by atoms with Crippen molar-refractivity contribution < 1.29 is 4.74 Å². The van der Waals surface area contributed by atoms with Crippen LogP contribution in [0, 0.1) is 11.8 Å². The van der Waals surface area contributed by atoms with E-state index in [1.165, 1.54) is 12.8 Å². The molecule has 118 valence electrons. The molecule has 0 aliphatic heterocycles. The van der Waals surface area contributed by atoms with Crippen molar-refractivity contribution in [3.05, 3.63) is 12.1 Å². The number of nitrogens with two attached hydrogens (primary N) is 1. The highest BCUT2D eigenvalue weighted by atomic mass is 16.5. The average molecular weight is 292 g/mol. The van der Waals surface area contributed by atoms with Crippen molar-refractivity contribution in [1.29, 1.82) is 0 Å². The number of aromatic nitrogens is 1. The van der Waals surface area contributed by atoms with Gasteiger partial charge in [0.2, 0.25) is 5.88 Å². The van der Waals surface area contributed by atoms with Crippen LogP contribution < -0.4 is 15.8 Å². The van der Waals surface area contributed by atoms with Crippen LogP contribution in [-0.2, 0) is 0 Å². The van der Waals surface area contributed by atoms with Crippen molar-refractivity contribution in [2.45, 2.75) is 32.7 Å². The maximum Gasteiger partial charge on any atom is 0.239 e.